The number of benzene rings is 2. The second-order valence-corrected chi connectivity index (χ2v) is 9.10. The summed E-state index contributed by atoms with van der Waals surface area (Å²) in [4.78, 5) is 25.1. The first-order valence-electron chi connectivity index (χ1n) is 12.3. The maximum absolute atomic E-state index is 12.7. The molecule has 1 amide bonds. The van der Waals surface area contributed by atoms with E-state index in [1.165, 1.54) is 25.7 Å². The Kier molecular flexibility index (Phi) is 10.1. The molecule has 0 spiro atoms. The third kappa shape index (κ3) is 8.41. The van der Waals surface area contributed by atoms with Crippen molar-refractivity contribution in [1.29, 1.82) is 0 Å². The van der Waals surface area contributed by atoms with E-state index in [1.54, 1.807) is 0 Å². The molecular formula is C28H38N3O2. The van der Waals surface area contributed by atoms with Crippen molar-refractivity contribution in [3.63, 3.8) is 0 Å². The lowest BCUT2D eigenvalue weighted by Crippen LogP contribution is -2.49. The van der Waals surface area contributed by atoms with E-state index in [4.69, 9.17) is 0 Å². The van der Waals surface area contributed by atoms with E-state index < -0.39 is 0 Å². The summed E-state index contributed by atoms with van der Waals surface area (Å²) in [5, 5.41) is 9.72. The quantitative estimate of drug-likeness (QED) is 0.450. The van der Waals surface area contributed by atoms with Gasteiger partial charge >= 0.3 is 0 Å². The fourth-order valence-electron chi connectivity index (χ4n) is 4.35. The van der Waals surface area contributed by atoms with Gasteiger partial charge in [-0.05, 0) is 62.9 Å². The molecule has 5 heteroatoms. The number of hydrogen-bond acceptors (Lipinski definition) is 4. The Morgan fingerprint density at radius 1 is 0.939 bits per heavy atom. The maximum atomic E-state index is 12.7. The van der Waals surface area contributed by atoms with Crippen molar-refractivity contribution < 1.29 is 9.59 Å². The zero-order valence-electron chi connectivity index (χ0n) is 19.8. The summed E-state index contributed by atoms with van der Waals surface area (Å²) in [6.45, 7) is 7.20. The molecule has 3 rings (SSSR count). The van der Waals surface area contributed by atoms with E-state index in [1.807, 2.05) is 61.5 Å². The van der Waals surface area contributed by atoms with Gasteiger partial charge in [0.1, 0.15) is 0 Å². The van der Waals surface area contributed by atoms with E-state index in [2.05, 4.69) is 22.9 Å². The molecule has 0 saturated heterocycles. The van der Waals surface area contributed by atoms with E-state index in [0.29, 0.717) is 24.7 Å². The Hall–Kier alpha value is -2.50. The number of amides is 1. The number of hydrogen-bond donors (Lipinski definition) is 3. The molecule has 0 aliphatic heterocycles. The van der Waals surface area contributed by atoms with Gasteiger partial charge in [-0.2, -0.15) is 0 Å². The van der Waals surface area contributed by atoms with Crippen LogP contribution in [0.3, 0.4) is 0 Å². The smallest absolute Gasteiger partial charge is 0.251 e. The monoisotopic (exact) mass is 448 g/mol. The van der Waals surface area contributed by atoms with Crippen LogP contribution in [0.5, 0.6) is 0 Å². The highest BCUT2D eigenvalue weighted by Crippen LogP contribution is 2.17. The highest BCUT2D eigenvalue weighted by Gasteiger charge is 2.22. The van der Waals surface area contributed by atoms with Crippen molar-refractivity contribution in [3.8, 4) is 0 Å². The molecule has 1 saturated carbocycles. The van der Waals surface area contributed by atoms with E-state index in [9.17, 15) is 9.59 Å². The van der Waals surface area contributed by atoms with Gasteiger partial charge in [-0.3, -0.25) is 9.59 Å². The first-order valence-corrected chi connectivity index (χ1v) is 12.3. The lowest BCUT2D eigenvalue weighted by atomic mass is 10.0. The van der Waals surface area contributed by atoms with Gasteiger partial charge in [-0.25, -0.2) is 0 Å². The largest absolute Gasteiger partial charge is 0.348 e. The van der Waals surface area contributed by atoms with Crippen LogP contribution in [0.25, 0.3) is 0 Å². The number of ketones is 1. The van der Waals surface area contributed by atoms with Crippen molar-refractivity contribution in [1.82, 2.24) is 16.0 Å². The van der Waals surface area contributed by atoms with Crippen molar-refractivity contribution >= 4 is 11.7 Å². The van der Waals surface area contributed by atoms with E-state index in [0.717, 1.165) is 30.4 Å². The van der Waals surface area contributed by atoms with Crippen LogP contribution in [0.1, 0.15) is 66.9 Å². The minimum atomic E-state index is -0.371. The van der Waals surface area contributed by atoms with Crippen molar-refractivity contribution in [2.75, 3.05) is 6.54 Å². The Labute approximate surface area is 198 Å². The van der Waals surface area contributed by atoms with Crippen LogP contribution < -0.4 is 16.0 Å². The summed E-state index contributed by atoms with van der Waals surface area (Å²) in [5.74, 6) is 0.0371. The maximum Gasteiger partial charge on any atom is 0.251 e. The molecule has 3 N–H and O–H groups in total. The lowest BCUT2D eigenvalue weighted by Gasteiger charge is -2.24. The van der Waals surface area contributed by atoms with Gasteiger partial charge in [-0.1, -0.05) is 68.1 Å². The first kappa shape index (κ1) is 25.1. The number of Topliss-reactive ketones (excluding diaryl/α,β-unsaturated/α-hetero) is 1. The molecule has 1 unspecified atom stereocenters. The average molecular weight is 449 g/mol. The molecule has 2 aromatic carbocycles. The molecule has 1 radical (unpaired) electrons. The van der Waals surface area contributed by atoms with Crippen LogP contribution in [0.15, 0.2) is 54.6 Å². The van der Waals surface area contributed by atoms with E-state index in [-0.39, 0.29) is 23.8 Å². The third-order valence-corrected chi connectivity index (χ3v) is 6.44. The van der Waals surface area contributed by atoms with Gasteiger partial charge in [-0.15, -0.1) is 0 Å². The summed E-state index contributed by atoms with van der Waals surface area (Å²) in [5.41, 5.74) is 2.85. The van der Waals surface area contributed by atoms with Crippen molar-refractivity contribution in [2.24, 2.45) is 0 Å². The number of carbonyl (C=O) groups excluding carboxylic acids is 2. The van der Waals surface area contributed by atoms with Crippen molar-refractivity contribution in [3.05, 3.63) is 78.2 Å². The molecule has 1 aliphatic carbocycles. The highest BCUT2D eigenvalue weighted by molar-refractivity contribution is 5.94. The molecule has 1 fully saturated rings. The Morgan fingerprint density at radius 3 is 2.27 bits per heavy atom. The highest BCUT2D eigenvalue weighted by atomic mass is 16.1. The second kappa shape index (κ2) is 13.3. The summed E-state index contributed by atoms with van der Waals surface area (Å²) < 4.78 is 0. The molecule has 0 heterocycles. The molecule has 1 aliphatic rings. The predicted octanol–water partition coefficient (Wildman–Crippen LogP) is 4.22. The normalized spacial score (nSPS) is 16.5. The van der Waals surface area contributed by atoms with Gasteiger partial charge in [0, 0.05) is 18.2 Å². The SMILES string of the molecule is [CH2]C(NC1CCCCCC1)C(=O)[C@H](C)NCCc1ccc(C(=O)NCc2ccccc2)cc1. The Morgan fingerprint density at radius 2 is 1.61 bits per heavy atom. The summed E-state index contributed by atoms with van der Waals surface area (Å²) in [6.07, 6.45) is 8.14. The molecule has 0 bridgehead atoms. The lowest BCUT2D eigenvalue weighted by molar-refractivity contribution is -0.121. The average Bonchev–Trinajstić information content (AvgIpc) is 3.11. The van der Waals surface area contributed by atoms with Crippen LogP contribution in [0.2, 0.25) is 0 Å². The minimum absolute atomic E-state index is 0.0783. The molecule has 33 heavy (non-hydrogen) atoms. The topological polar surface area (TPSA) is 70.2 Å². The molecule has 177 valence electrons. The van der Waals surface area contributed by atoms with Crippen LogP contribution >= 0.6 is 0 Å². The fourth-order valence-corrected chi connectivity index (χ4v) is 4.35. The Balaban J connectivity index is 1.37. The van der Waals surface area contributed by atoms with Gasteiger partial charge < -0.3 is 16.0 Å². The van der Waals surface area contributed by atoms with Crippen LogP contribution in [-0.2, 0) is 17.8 Å². The van der Waals surface area contributed by atoms with Crippen LogP contribution in [0.4, 0.5) is 0 Å². The van der Waals surface area contributed by atoms with Gasteiger partial charge in [0.2, 0.25) is 0 Å². The zero-order chi connectivity index (χ0) is 23.5. The zero-order valence-corrected chi connectivity index (χ0v) is 19.8. The van der Waals surface area contributed by atoms with Crippen LogP contribution in [-0.4, -0.2) is 36.4 Å². The molecule has 0 aromatic heterocycles. The summed E-state index contributed by atoms with van der Waals surface area (Å²) in [6, 6.07) is 17.3. The predicted molar refractivity (Wildman–Crippen MR) is 134 cm³/mol. The number of nitrogens with one attached hydrogen (secondary N) is 3. The first-order chi connectivity index (χ1) is 16.0. The fraction of sp³-hybridized carbons (Fsp3) is 0.464. The van der Waals surface area contributed by atoms with Gasteiger partial charge in [0.05, 0.1) is 12.1 Å². The van der Waals surface area contributed by atoms with Gasteiger partial charge in [0.25, 0.3) is 5.91 Å². The van der Waals surface area contributed by atoms with Crippen LogP contribution in [0, 0.1) is 6.92 Å². The molecule has 2 aromatic rings. The third-order valence-electron chi connectivity index (χ3n) is 6.44. The second-order valence-electron chi connectivity index (χ2n) is 9.10. The summed E-state index contributed by atoms with van der Waals surface area (Å²) in [7, 11) is 0. The van der Waals surface area contributed by atoms with Crippen molar-refractivity contribution in [2.45, 2.75) is 76.5 Å². The number of rotatable bonds is 11. The Bertz CT molecular complexity index is 858. The minimum Gasteiger partial charge on any atom is -0.348 e. The van der Waals surface area contributed by atoms with Gasteiger partial charge in [0.15, 0.2) is 5.78 Å². The summed E-state index contributed by atoms with van der Waals surface area (Å²) >= 11 is 0. The molecular weight excluding hydrogens is 410 g/mol. The van der Waals surface area contributed by atoms with E-state index >= 15 is 0 Å². The molecule has 5 nitrogen and oxygen atoms in total. The standard InChI is InChI=1S/C28H38N3O2/c1-21(27(32)22(2)31-26-12-8-3-4-9-13-26)29-19-18-23-14-16-25(17-15-23)28(33)30-20-24-10-6-5-7-11-24/h5-7,10-11,14-17,21-22,26,29,31H,2-4,8-9,12-13,18-20H2,1H3,(H,30,33)/t21-,22?/m0/s1. The number of carbonyl (C=O) groups is 2. The molecule has 2 atom stereocenters.